The molecule has 0 fully saturated rings. The molecule has 4 rings (SSSR count). The second-order valence-electron chi connectivity index (χ2n) is 7.88. The minimum atomic E-state index is -4.25. The van der Waals surface area contributed by atoms with Crippen molar-refractivity contribution in [2.45, 2.75) is 18.0 Å². The fraction of sp³-hybridized carbons (Fsp3) is 0.0769. The Morgan fingerprint density at radius 3 is 2.03 bits per heavy atom. The van der Waals surface area contributed by atoms with Crippen LogP contribution < -0.4 is 15.4 Å². The number of aromatic nitrogens is 2. The maximum absolute atomic E-state index is 13.3. The number of anilines is 1. The van der Waals surface area contributed by atoms with E-state index in [4.69, 9.17) is 11.6 Å². The van der Waals surface area contributed by atoms with Crippen LogP contribution in [0.1, 0.15) is 31.8 Å². The number of para-hydroxylation sites is 1. The zero-order valence-corrected chi connectivity index (χ0v) is 21.0. The molecule has 2 amide bonds. The number of halogens is 1. The number of carbonyl (C=O) groups is 2. The second-order valence-corrected chi connectivity index (χ2v) is 9.94. The Labute approximate surface area is 219 Å². The molecule has 0 unspecified atom stereocenters. The predicted molar refractivity (Wildman–Crippen MR) is 140 cm³/mol. The third-order valence-electron chi connectivity index (χ3n) is 5.25. The molecule has 4 aromatic rings. The molecule has 0 aliphatic carbocycles. The van der Waals surface area contributed by atoms with Crippen molar-refractivity contribution in [1.82, 2.24) is 20.6 Å². The van der Waals surface area contributed by atoms with Crippen molar-refractivity contribution in [2.75, 3.05) is 4.72 Å². The molecular weight excluding hydrogens is 514 g/mol. The standard InChI is InChI=1S/C26H22ClN5O4S/c27-22-10-9-20(25(33)30-16-18-5-3-11-28-14-18)13-24(22)37(35,36)32-23-8-2-1-7-21(23)26(34)31-17-19-6-4-12-29-15-19/h1-15,32H,16-17H2,(H,30,33)(H,31,34). The summed E-state index contributed by atoms with van der Waals surface area (Å²) in [6.45, 7) is 0.437. The van der Waals surface area contributed by atoms with Gasteiger partial charge < -0.3 is 10.6 Å². The molecule has 0 atom stereocenters. The molecule has 0 aliphatic heterocycles. The van der Waals surface area contributed by atoms with E-state index in [1.807, 2.05) is 6.07 Å². The summed E-state index contributed by atoms with van der Waals surface area (Å²) in [7, 11) is -4.25. The van der Waals surface area contributed by atoms with Crippen LogP contribution in [0.2, 0.25) is 5.02 Å². The third kappa shape index (κ3) is 6.69. The van der Waals surface area contributed by atoms with Gasteiger partial charge in [0.25, 0.3) is 21.8 Å². The Morgan fingerprint density at radius 1 is 0.784 bits per heavy atom. The van der Waals surface area contributed by atoms with E-state index in [0.717, 1.165) is 11.1 Å². The van der Waals surface area contributed by atoms with Gasteiger partial charge in [0.1, 0.15) is 4.90 Å². The predicted octanol–water partition coefficient (Wildman–Crippen LogP) is 3.79. The summed E-state index contributed by atoms with van der Waals surface area (Å²) in [4.78, 5) is 33.2. The van der Waals surface area contributed by atoms with Gasteiger partial charge in [-0.05, 0) is 53.6 Å². The van der Waals surface area contributed by atoms with Gasteiger partial charge in [-0.3, -0.25) is 24.3 Å². The molecule has 37 heavy (non-hydrogen) atoms. The zero-order valence-electron chi connectivity index (χ0n) is 19.4. The molecule has 2 heterocycles. The van der Waals surface area contributed by atoms with E-state index in [-0.39, 0.29) is 39.8 Å². The monoisotopic (exact) mass is 535 g/mol. The number of hydrogen-bond acceptors (Lipinski definition) is 6. The first-order valence-corrected chi connectivity index (χ1v) is 13.0. The molecule has 0 saturated carbocycles. The van der Waals surface area contributed by atoms with Crippen LogP contribution in [0.25, 0.3) is 0 Å². The number of sulfonamides is 1. The molecule has 188 valence electrons. The average Bonchev–Trinajstić information content (AvgIpc) is 2.92. The summed E-state index contributed by atoms with van der Waals surface area (Å²) < 4.78 is 28.9. The summed E-state index contributed by atoms with van der Waals surface area (Å²) >= 11 is 6.20. The van der Waals surface area contributed by atoms with Crippen LogP contribution in [0.3, 0.4) is 0 Å². The lowest BCUT2D eigenvalue weighted by atomic mass is 10.1. The number of hydrogen-bond donors (Lipinski definition) is 3. The van der Waals surface area contributed by atoms with Gasteiger partial charge >= 0.3 is 0 Å². The van der Waals surface area contributed by atoms with Gasteiger partial charge in [-0.1, -0.05) is 35.9 Å². The number of rotatable bonds is 9. The normalized spacial score (nSPS) is 10.9. The van der Waals surface area contributed by atoms with E-state index < -0.39 is 21.8 Å². The zero-order chi connectivity index (χ0) is 26.3. The van der Waals surface area contributed by atoms with E-state index in [2.05, 4.69) is 25.3 Å². The maximum Gasteiger partial charge on any atom is 0.263 e. The van der Waals surface area contributed by atoms with E-state index in [1.54, 1.807) is 55.1 Å². The van der Waals surface area contributed by atoms with Gasteiger partial charge in [0, 0.05) is 43.4 Å². The van der Waals surface area contributed by atoms with Crippen molar-refractivity contribution in [3.63, 3.8) is 0 Å². The van der Waals surface area contributed by atoms with Gasteiger partial charge in [0.05, 0.1) is 16.3 Å². The lowest BCUT2D eigenvalue weighted by Gasteiger charge is -2.14. The molecule has 9 nitrogen and oxygen atoms in total. The van der Waals surface area contributed by atoms with E-state index >= 15 is 0 Å². The molecule has 2 aromatic carbocycles. The second kappa shape index (κ2) is 11.6. The Kier molecular flexibility index (Phi) is 8.11. The molecule has 0 radical (unpaired) electrons. The fourth-order valence-electron chi connectivity index (χ4n) is 3.39. The lowest BCUT2D eigenvalue weighted by Crippen LogP contribution is -2.25. The summed E-state index contributed by atoms with van der Waals surface area (Å²) in [5, 5.41) is 5.39. The Bertz CT molecular complexity index is 1520. The first-order chi connectivity index (χ1) is 17.8. The topological polar surface area (TPSA) is 130 Å². The van der Waals surface area contributed by atoms with Crippen LogP contribution in [0.15, 0.2) is 96.4 Å². The van der Waals surface area contributed by atoms with Gasteiger partial charge in [0.15, 0.2) is 0 Å². The highest BCUT2D eigenvalue weighted by molar-refractivity contribution is 7.92. The summed E-state index contributed by atoms with van der Waals surface area (Å²) in [5.41, 5.74) is 1.87. The lowest BCUT2D eigenvalue weighted by molar-refractivity contribution is 0.0943. The summed E-state index contributed by atoms with van der Waals surface area (Å²) in [5.74, 6) is -0.955. The molecular formula is C26H22ClN5O4S. The van der Waals surface area contributed by atoms with Crippen LogP contribution in [0, 0.1) is 0 Å². The number of nitrogens with one attached hydrogen (secondary N) is 3. The van der Waals surface area contributed by atoms with Crippen molar-refractivity contribution >= 4 is 39.1 Å². The molecule has 2 aromatic heterocycles. The first-order valence-electron chi connectivity index (χ1n) is 11.1. The first kappa shape index (κ1) is 25.8. The molecule has 11 heteroatoms. The van der Waals surface area contributed by atoms with E-state index in [1.165, 1.54) is 30.3 Å². The maximum atomic E-state index is 13.3. The van der Waals surface area contributed by atoms with E-state index in [0.29, 0.717) is 0 Å². The van der Waals surface area contributed by atoms with E-state index in [9.17, 15) is 18.0 Å². The SMILES string of the molecule is O=C(NCc1cccnc1)c1ccc(Cl)c(S(=O)(=O)Nc2ccccc2C(=O)NCc2cccnc2)c1. The van der Waals surface area contributed by atoms with Crippen LogP contribution >= 0.6 is 11.6 Å². The van der Waals surface area contributed by atoms with Crippen LogP contribution in [-0.2, 0) is 23.1 Å². The number of carbonyl (C=O) groups excluding carboxylic acids is 2. The van der Waals surface area contributed by atoms with Crippen molar-refractivity contribution < 1.29 is 18.0 Å². The third-order valence-corrected chi connectivity index (χ3v) is 7.10. The Hall–Kier alpha value is -4.28. The van der Waals surface area contributed by atoms with Gasteiger partial charge in [-0.15, -0.1) is 0 Å². The van der Waals surface area contributed by atoms with Crippen LogP contribution in [0.5, 0.6) is 0 Å². The number of amides is 2. The minimum Gasteiger partial charge on any atom is -0.348 e. The Morgan fingerprint density at radius 2 is 1.41 bits per heavy atom. The number of pyridine rings is 2. The van der Waals surface area contributed by atoms with Crippen LogP contribution in [-0.4, -0.2) is 30.2 Å². The quantitative estimate of drug-likeness (QED) is 0.299. The largest absolute Gasteiger partial charge is 0.348 e. The summed E-state index contributed by atoms with van der Waals surface area (Å²) in [6.07, 6.45) is 6.49. The van der Waals surface area contributed by atoms with Gasteiger partial charge in [-0.2, -0.15) is 0 Å². The van der Waals surface area contributed by atoms with Crippen LogP contribution in [0.4, 0.5) is 5.69 Å². The smallest absolute Gasteiger partial charge is 0.263 e. The highest BCUT2D eigenvalue weighted by Gasteiger charge is 2.23. The molecule has 3 N–H and O–H groups in total. The molecule has 0 aliphatic rings. The highest BCUT2D eigenvalue weighted by atomic mass is 35.5. The molecule has 0 spiro atoms. The van der Waals surface area contributed by atoms with Crippen molar-refractivity contribution in [2.24, 2.45) is 0 Å². The molecule has 0 bridgehead atoms. The van der Waals surface area contributed by atoms with Crippen molar-refractivity contribution in [3.8, 4) is 0 Å². The Balaban J connectivity index is 1.51. The average molecular weight is 536 g/mol. The summed E-state index contributed by atoms with van der Waals surface area (Å²) in [6, 6.07) is 17.3. The van der Waals surface area contributed by atoms with Crippen molar-refractivity contribution in [3.05, 3.63) is 119 Å². The van der Waals surface area contributed by atoms with Crippen molar-refractivity contribution in [1.29, 1.82) is 0 Å². The van der Waals surface area contributed by atoms with Gasteiger partial charge in [-0.25, -0.2) is 8.42 Å². The number of benzene rings is 2. The minimum absolute atomic E-state index is 0.0636. The van der Waals surface area contributed by atoms with Gasteiger partial charge in [0.2, 0.25) is 0 Å². The fourth-order valence-corrected chi connectivity index (χ4v) is 4.99. The number of nitrogens with zero attached hydrogens (tertiary/aromatic N) is 2. The highest BCUT2D eigenvalue weighted by Crippen LogP contribution is 2.26. The molecule has 0 saturated heterocycles.